The van der Waals surface area contributed by atoms with Gasteiger partial charge in [-0.1, -0.05) is 0 Å². The minimum absolute atomic E-state index is 0.352. The molecule has 0 saturated heterocycles. The van der Waals surface area contributed by atoms with Crippen molar-refractivity contribution in [2.24, 2.45) is 0 Å². The average Bonchev–Trinajstić information content (AvgIpc) is 2.50. The molecular weight excluding hydrogens is 142 g/mol. The monoisotopic (exact) mass is 145 g/mol. The van der Waals surface area contributed by atoms with Crippen molar-refractivity contribution in [3.63, 3.8) is 0 Å². The van der Waals surface area contributed by atoms with Crippen molar-refractivity contribution < 1.29 is 0 Å². The molecule has 2 rings (SSSR count). The molecule has 11 heavy (non-hydrogen) atoms. The molecule has 2 aromatic heterocycles. The van der Waals surface area contributed by atoms with Gasteiger partial charge in [0.05, 0.1) is 0 Å². The Kier molecular flexibility index (Phi) is 1.07. The zero-order valence-electron chi connectivity index (χ0n) is 5.47. The van der Waals surface area contributed by atoms with Crippen molar-refractivity contribution in [3.05, 3.63) is 24.3 Å². The molecule has 0 radical (unpaired) electrons. The van der Waals surface area contributed by atoms with Crippen LogP contribution in [0.15, 0.2) is 18.6 Å². The lowest BCUT2D eigenvalue weighted by molar-refractivity contribution is 0.935. The second-order valence-corrected chi connectivity index (χ2v) is 1.93. The van der Waals surface area contributed by atoms with E-state index < -0.39 is 0 Å². The van der Waals surface area contributed by atoms with Gasteiger partial charge in [0.1, 0.15) is 18.1 Å². The Balaban J connectivity index is 2.79. The number of aromatic nitrogens is 4. The standard InChI is InChI=1S/C6H3N5/c7-3-5-1-2-11-6(10-5)8-4-9-11/h1-2,4H. The van der Waals surface area contributed by atoms with E-state index in [0.717, 1.165) is 0 Å². The van der Waals surface area contributed by atoms with Gasteiger partial charge in [0.2, 0.25) is 0 Å². The van der Waals surface area contributed by atoms with E-state index in [1.165, 1.54) is 10.8 Å². The summed E-state index contributed by atoms with van der Waals surface area (Å²) in [7, 11) is 0. The summed E-state index contributed by atoms with van der Waals surface area (Å²) in [6.07, 6.45) is 3.04. The minimum atomic E-state index is 0.352. The van der Waals surface area contributed by atoms with Crippen LogP contribution in [0, 0.1) is 11.3 Å². The molecule has 2 aromatic rings. The highest BCUT2D eigenvalue weighted by Gasteiger charge is 1.96. The normalized spacial score (nSPS) is 9.73. The zero-order valence-corrected chi connectivity index (χ0v) is 5.47. The average molecular weight is 145 g/mol. The first kappa shape index (κ1) is 5.80. The topological polar surface area (TPSA) is 66.9 Å². The van der Waals surface area contributed by atoms with Crippen LogP contribution >= 0.6 is 0 Å². The zero-order chi connectivity index (χ0) is 7.68. The molecule has 0 amide bonds. The number of hydrogen-bond donors (Lipinski definition) is 0. The Bertz CT molecular complexity index is 424. The maximum Gasteiger partial charge on any atom is 0.253 e. The fourth-order valence-electron chi connectivity index (χ4n) is 0.778. The van der Waals surface area contributed by atoms with Gasteiger partial charge < -0.3 is 0 Å². The smallest absolute Gasteiger partial charge is 0.205 e. The van der Waals surface area contributed by atoms with Crippen LogP contribution in [0.4, 0.5) is 0 Å². The van der Waals surface area contributed by atoms with Crippen molar-refractivity contribution in [1.82, 2.24) is 19.6 Å². The van der Waals surface area contributed by atoms with Crippen LogP contribution in [-0.2, 0) is 0 Å². The number of nitriles is 1. The first-order valence-electron chi connectivity index (χ1n) is 2.96. The Morgan fingerprint density at radius 1 is 1.55 bits per heavy atom. The molecule has 0 spiro atoms. The summed E-state index contributed by atoms with van der Waals surface area (Å²) >= 11 is 0. The predicted molar refractivity (Wildman–Crippen MR) is 35.5 cm³/mol. The quantitative estimate of drug-likeness (QED) is 0.523. The van der Waals surface area contributed by atoms with Crippen LogP contribution in [0.25, 0.3) is 5.78 Å². The second kappa shape index (κ2) is 2.02. The Morgan fingerprint density at radius 2 is 2.45 bits per heavy atom. The van der Waals surface area contributed by atoms with Crippen LogP contribution in [0.1, 0.15) is 5.69 Å². The molecule has 0 unspecified atom stereocenters. The molecule has 52 valence electrons. The summed E-state index contributed by atoms with van der Waals surface area (Å²) in [5, 5.41) is 12.3. The van der Waals surface area contributed by atoms with Crippen LogP contribution in [0.3, 0.4) is 0 Å². The highest BCUT2D eigenvalue weighted by atomic mass is 15.3. The van der Waals surface area contributed by atoms with Crippen LogP contribution in [-0.4, -0.2) is 19.6 Å². The maximum absolute atomic E-state index is 8.46. The molecule has 0 aliphatic heterocycles. The maximum atomic E-state index is 8.46. The molecule has 5 nitrogen and oxygen atoms in total. The summed E-state index contributed by atoms with van der Waals surface area (Å²) in [5.74, 6) is 0.448. The summed E-state index contributed by atoms with van der Waals surface area (Å²) in [6.45, 7) is 0. The van der Waals surface area contributed by atoms with E-state index in [1.807, 2.05) is 6.07 Å². The highest BCUT2D eigenvalue weighted by Crippen LogP contribution is 1.95. The van der Waals surface area contributed by atoms with Crippen molar-refractivity contribution in [2.45, 2.75) is 0 Å². The molecular formula is C6H3N5. The van der Waals surface area contributed by atoms with E-state index in [0.29, 0.717) is 11.5 Å². The lowest BCUT2D eigenvalue weighted by Gasteiger charge is -1.88. The largest absolute Gasteiger partial charge is 0.253 e. The number of nitrogens with zero attached hydrogens (tertiary/aromatic N) is 5. The van der Waals surface area contributed by atoms with Gasteiger partial charge in [-0.3, -0.25) is 0 Å². The summed E-state index contributed by atoms with van der Waals surface area (Å²) < 4.78 is 1.50. The molecule has 0 N–H and O–H groups in total. The minimum Gasteiger partial charge on any atom is -0.205 e. The van der Waals surface area contributed by atoms with E-state index in [4.69, 9.17) is 5.26 Å². The number of fused-ring (bicyclic) bond motifs is 1. The Hall–Kier alpha value is -1.96. The van der Waals surface area contributed by atoms with Crippen LogP contribution < -0.4 is 0 Å². The molecule has 0 aliphatic rings. The van der Waals surface area contributed by atoms with Gasteiger partial charge in [-0.25, -0.2) is 9.50 Å². The van der Waals surface area contributed by atoms with Gasteiger partial charge in [-0.2, -0.15) is 15.3 Å². The van der Waals surface area contributed by atoms with Gasteiger partial charge >= 0.3 is 0 Å². The summed E-state index contributed by atoms with van der Waals surface area (Å²) in [5.41, 5.74) is 0.352. The summed E-state index contributed by atoms with van der Waals surface area (Å²) in [6, 6.07) is 3.50. The Labute approximate surface area is 61.9 Å². The SMILES string of the molecule is N#Cc1ccn2ncnc2n1. The first-order chi connectivity index (χ1) is 5.40. The fourth-order valence-corrected chi connectivity index (χ4v) is 0.778. The van der Waals surface area contributed by atoms with Gasteiger partial charge in [0.15, 0.2) is 0 Å². The van der Waals surface area contributed by atoms with E-state index in [2.05, 4.69) is 15.1 Å². The van der Waals surface area contributed by atoms with Crippen molar-refractivity contribution in [3.8, 4) is 6.07 Å². The van der Waals surface area contributed by atoms with Gasteiger partial charge in [0.25, 0.3) is 5.78 Å². The molecule has 0 atom stereocenters. The lowest BCUT2D eigenvalue weighted by Crippen LogP contribution is -1.91. The number of hydrogen-bond acceptors (Lipinski definition) is 4. The van der Waals surface area contributed by atoms with E-state index in [1.54, 1.807) is 12.3 Å². The van der Waals surface area contributed by atoms with Gasteiger partial charge in [-0.05, 0) is 6.07 Å². The fraction of sp³-hybridized carbons (Fsp3) is 0. The van der Waals surface area contributed by atoms with Gasteiger partial charge in [-0.15, -0.1) is 0 Å². The third kappa shape index (κ3) is 0.809. The number of rotatable bonds is 0. The summed E-state index contributed by atoms with van der Waals surface area (Å²) in [4.78, 5) is 7.70. The lowest BCUT2D eigenvalue weighted by atomic mass is 10.4. The third-order valence-corrected chi connectivity index (χ3v) is 1.26. The van der Waals surface area contributed by atoms with Crippen LogP contribution in [0.5, 0.6) is 0 Å². The van der Waals surface area contributed by atoms with Gasteiger partial charge in [0, 0.05) is 6.20 Å². The molecule has 0 aromatic carbocycles. The van der Waals surface area contributed by atoms with E-state index >= 15 is 0 Å². The molecule has 0 fully saturated rings. The second-order valence-electron chi connectivity index (χ2n) is 1.93. The Morgan fingerprint density at radius 3 is 3.27 bits per heavy atom. The van der Waals surface area contributed by atoms with Crippen molar-refractivity contribution >= 4 is 5.78 Å². The van der Waals surface area contributed by atoms with E-state index in [-0.39, 0.29) is 0 Å². The third-order valence-electron chi connectivity index (χ3n) is 1.26. The first-order valence-corrected chi connectivity index (χ1v) is 2.96. The van der Waals surface area contributed by atoms with Crippen LogP contribution in [0.2, 0.25) is 0 Å². The molecule has 0 saturated carbocycles. The van der Waals surface area contributed by atoms with Crippen molar-refractivity contribution in [2.75, 3.05) is 0 Å². The van der Waals surface area contributed by atoms with E-state index in [9.17, 15) is 0 Å². The van der Waals surface area contributed by atoms with Crippen molar-refractivity contribution in [1.29, 1.82) is 5.26 Å². The molecule has 5 heteroatoms. The molecule has 2 heterocycles. The predicted octanol–water partition coefficient (Wildman–Crippen LogP) is -0.00402. The molecule has 0 aliphatic carbocycles. The molecule has 0 bridgehead atoms. The highest BCUT2D eigenvalue weighted by molar-refractivity contribution is 5.30.